The first kappa shape index (κ1) is 20.8. The number of methoxy groups -OCH3 is 1. The molecule has 1 aliphatic carbocycles. The molecule has 28 heavy (non-hydrogen) atoms. The van der Waals surface area contributed by atoms with E-state index in [1.807, 2.05) is 0 Å². The number of morpholine rings is 1. The highest BCUT2D eigenvalue weighted by molar-refractivity contribution is 5.95. The second-order valence-electron chi connectivity index (χ2n) is 7.31. The monoisotopic (exact) mass is 398 g/mol. The number of carbonyl (C=O) groups excluding carboxylic acids is 1. The van der Waals surface area contributed by atoms with Crippen LogP contribution in [0.4, 0.5) is 8.78 Å². The standard InChI is InChI=1S/C20H28F2N2O4/c1-26-16-6-5-15(13-17(16)28-19(21)22)18(25)23-14-20(7-3-2-4-8-20)24-9-11-27-12-10-24/h5-6,13,19H,2-4,7-12,14H2,1H3,(H,23,25). The second kappa shape index (κ2) is 9.52. The number of halogens is 2. The van der Waals surface area contributed by atoms with E-state index in [2.05, 4.69) is 15.0 Å². The van der Waals surface area contributed by atoms with Gasteiger partial charge >= 0.3 is 6.61 Å². The molecule has 1 saturated carbocycles. The summed E-state index contributed by atoms with van der Waals surface area (Å²) in [5.41, 5.74) is 0.205. The molecule has 0 spiro atoms. The van der Waals surface area contributed by atoms with Crippen molar-refractivity contribution in [2.45, 2.75) is 44.3 Å². The first-order valence-electron chi connectivity index (χ1n) is 9.78. The Labute approximate surface area is 164 Å². The molecule has 0 aromatic heterocycles. The first-order valence-corrected chi connectivity index (χ1v) is 9.78. The van der Waals surface area contributed by atoms with Crippen LogP contribution in [-0.4, -0.2) is 62.9 Å². The summed E-state index contributed by atoms with van der Waals surface area (Å²) in [5.74, 6) is -0.292. The lowest BCUT2D eigenvalue weighted by Gasteiger charge is -2.48. The maximum Gasteiger partial charge on any atom is 0.387 e. The third-order valence-corrected chi connectivity index (χ3v) is 5.69. The molecule has 1 aliphatic heterocycles. The fourth-order valence-corrected chi connectivity index (χ4v) is 4.21. The van der Waals surface area contributed by atoms with Gasteiger partial charge in [-0.1, -0.05) is 19.3 Å². The van der Waals surface area contributed by atoms with Crippen molar-refractivity contribution in [3.8, 4) is 11.5 Å². The van der Waals surface area contributed by atoms with E-state index in [1.54, 1.807) is 6.07 Å². The summed E-state index contributed by atoms with van der Waals surface area (Å²) in [4.78, 5) is 15.2. The van der Waals surface area contributed by atoms with Gasteiger partial charge in [-0.25, -0.2) is 0 Å². The van der Waals surface area contributed by atoms with Crippen molar-refractivity contribution in [2.75, 3.05) is 40.0 Å². The van der Waals surface area contributed by atoms with E-state index >= 15 is 0 Å². The van der Waals surface area contributed by atoms with Crippen LogP contribution in [0.15, 0.2) is 18.2 Å². The van der Waals surface area contributed by atoms with Gasteiger partial charge < -0.3 is 19.5 Å². The van der Waals surface area contributed by atoms with Crippen molar-refractivity contribution in [3.63, 3.8) is 0 Å². The maximum absolute atomic E-state index is 12.7. The van der Waals surface area contributed by atoms with Crippen molar-refractivity contribution in [1.82, 2.24) is 10.2 Å². The molecular weight excluding hydrogens is 370 g/mol. The van der Waals surface area contributed by atoms with Crippen LogP contribution in [0.3, 0.4) is 0 Å². The molecule has 1 amide bonds. The molecule has 1 aromatic carbocycles. The average molecular weight is 398 g/mol. The minimum Gasteiger partial charge on any atom is -0.493 e. The Bertz CT molecular complexity index is 660. The zero-order chi connectivity index (χ0) is 20.0. The van der Waals surface area contributed by atoms with Crippen molar-refractivity contribution < 1.29 is 27.8 Å². The quantitative estimate of drug-likeness (QED) is 0.765. The van der Waals surface area contributed by atoms with Crippen molar-refractivity contribution in [3.05, 3.63) is 23.8 Å². The highest BCUT2D eigenvalue weighted by atomic mass is 19.3. The third-order valence-electron chi connectivity index (χ3n) is 5.69. The lowest BCUT2D eigenvalue weighted by Crippen LogP contribution is -2.59. The first-order chi connectivity index (χ1) is 13.5. The van der Waals surface area contributed by atoms with E-state index in [0.29, 0.717) is 19.8 Å². The molecule has 2 aliphatic rings. The molecule has 156 valence electrons. The lowest BCUT2D eigenvalue weighted by molar-refractivity contribution is -0.0512. The second-order valence-corrected chi connectivity index (χ2v) is 7.31. The number of nitrogens with zero attached hydrogens (tertiary/aromatic N) is 1. The van der Waals surface area contributed by atoms with E-state index in [4.69, 9.17) is 9.47 Å². The molecule has 8 heteroatoms. The van der Waals surface area contributed by atoms with E-state index in [0.717, 1.165) is 38.8 Å². The van der Waals surface area contributed by atoms with Gasteiger partial charge in [-0.2, -0.15) is 8.78 Å². The minimum atomic E-state index is -2.99. The molecule has 6 nitrogen and oxygen atoms in total. The number of benzene rings is 1. The molecule has 1 saturated heterocycles. The molecule has 0 radical (unpaired) electrons. The summed E-state index contributed by atoms with van der Waals surface area (Å²) >= 11 is 0. The number of alkyl halides is 2. The smallest absolute Gasteiger partial charge is 0.387 e. The highest BCUT2D eigenvalue weighted by Gasteiger charge is 2.38. The van der Waals surface area contributed by atoms with Gasteiger partial charge in [-0.05, 0) is 31.0 Å². The summed E-state index contributed by atoms with van der Waals surface area (Å²) in [6.45, 7) is 0.697. The maximum atomic E-state index is 12.7. The fraction of sp³-hybridized carbons (Fsp3) is 0.650. The number of carbonyl (C=O) groups is 1. The van der Waals surface area contributed by atoms with Crippen LogP contribution in [-0.2, 0) is 4.74 Å². The summed E-state index contributed by atoms with van der Waals surface area (Å²) in [6, 6.07) is 4.31. The zero-order valence-electron chi connectivity index (χ0n) is 16.2. The molecule has 1 heterocycles. The van der Waals surface area contributed by atoms with Gasteiger partial charge in [0.2, 0.25) is 0 Å². The fourth-order valence-electron chi connectivity index (χ4n) is 4.21. The van der Waals surface area contributed by atoms with Gasteiger partial charge in [-0.15, -0.1) is 0 Å². The van der Waals surface area contributed by atoms with Gasteiger partial charge in [0.25, 0.3) is 5.91 Å². The number of nitrogens with one attached hydrogen (secondary N) is 1. The van der Waals surface area contributed by atoms with E-state index in [-0.39, 0.29) is 28.5 Å². The Morgan fingerprint density at radius 1 is 1.21 bits per heavy atom. The van der Waals surface area contributed by atoms with Crippen LogP contribution in [0, 0.1) is 0 Å². The minimum absolute atomic E-state index is 0.0630. The molecular formula is C20H28F2N2O4. The van der Waals surface area contributed by atoms with Crippen molar-refractivity contribution >= 4 is 5.91 Å². The van der Waals surface area contributed by atoms with Gasteiger partial charge in [-0.3, -0.25) is 9.69 Å². The molecule has 0 unspecified atom stereocenters. The van der Waals surface area contributed by atoms with Crippen LogP contribution >= 0.6 is 0 Å². The summed E-state index contributed by atoms with van der Waals surface area (Å²) in [7, 11) is 1.36. The Balaban J connectivity index is 1.70. The van der Waals surface area contributed by atoms with E-state index < -0.39 is 6.61 Å². The third kappa shape index (κ3) is 4.91. The molecule has 0 atom stereocenters. The van der Waals surface area contributed by atoms with E-state index in [9.17, 15) is 13.6 Å². The molecule has 1 aromatic rings. The van der Waals surface area contributed by atoms with Gasteiger partial charge in [0.1, 0.15) is 0 Å². The number of hydrogen-bond donors (Lipinski definition) is 1. The SMILES string of the molecule is COc1ccc(C(=O)NCC2(N3CCOCC3)CCCCC2)cc1OC(F)F. The van der Waals surface area contributed by atoms with Crippen LogP contribution in [0.2, 0.25) is 0 Å². The van der Waals surface area contributed by atoms with Gasteiger partial charge in [0.15, 0.2) is 11.5 Å². The number of hydrogen-bond acceptors (Lipinski definition) is 5. The zero-order valence-corrected chi connectivity index (χ0v) is 16.2. The summed E-state index contributed by atoms with van der Waals surface area (Å²) in [6.07, 6.45) is 5.57. The van der Waals surface area contributed by atoms with E-state index in [1.165, 1.54) is 25.7 Å². The van der Waals surface area contributed by atoms with Gasteiger partial charge in [0.05, 0.1) is 20.3 Å². The summed E-state index contributed by atoms with van der Waals surface area (Å²) in [5, 5.41) is 3.02. The molecule has 2 fully saturated rings. The Morgan fingerprint density at radius 3 is 2.57 bits per heavy atom. The highest BCUT2D eigenvalue weighted by Crippen LogP contribution is 2.34. The topological polar surface area (TPSA) is 60.0 Å². The Kier molecular flexibility index (Phi) is 7.07. The Hall–Kier alpha value is -1.93. The molecule has 3 rings (SSSR count). The largest absolute Gasteiger partial charge is 0.493 e. The predicted octanol–water partition coefficient (Wildman–Crippen LogP) is 3.06. The van der Waals surface area contributed by atoms with Gasteiger partial charge in [0, 0.05) is 30.7 Å². The molecule has 1 N–H and O–H groups in total. The Morgan fingerprint density at radius 2 is 1.93 bits per heavy atom. The van der Waals surface area contributed by atoms with Crippen LogP contribution in [0.25, 0.3) is 0 Å². The van der Waals surface area contributed by atoms with Crippen LogP contribution in [0.1, 0.15) is 42.5 Å². The number of ether oxygens (including phenoxy) is 3. The van der Waals surface area contributed by atoms with Crippen LogP contribution < -0.4 is 14.8 Å². The van der Waals surface area contributed by atoms with Crippen LogP contribution in [0.5, 0.6) is 11.5 Å². The summed E-state index contributed by atoms with van der Waals surface area (Å²) < 4.78 is 40.2. The number of rotatable bonds is 7. The normalized spacial score (nSPS) is 20.0. The average Bonchev–Trinajstić information content (AvgIpc) is 2.73. The predicted molar refractivity (Wildman–Crippen MR) is 100 cm³/mol. The van der Waals surface area contributed by atoms with Crippen molar-refractivity contribution in [1.29, 1.82) is 0 Å². The molecule has 0 bridgehead atoms. The van der Waals surface area contributed by atoms with Crippen molar-refractivity contribution in [2.24, 2.45) is 0 Å². The lowest BCUT2D eigenvalue weighted by atomic mass is 9.79. The number of amides is 1.